The summed E-state index contributed by atoms with van der Waals surface area (Å²) < 4.78 is 0. The van der Waals surface area contributed by atoms with E-state index in [4.69, 9.17) is 0 Å². The summed E-state index contributed by atoms with van der Waals surface area (Å²) >= 11 is 0. The van der Waals surface area contributed by atoms with E-state index in [0.717, 1.165) is 13.1 Å². The third-order valence-electron chi connectivity index (χ3n) is 6.10. The maximum atomic E-state index is 2.61. The second-order valence-corrected chi connectivity index (χ2v) is 8.37. The average molecular weight is 402 g/mol. The first-order valence-electron chi connectivity index (χ1n) is 11.0. The van der Waals surface area contributed by atoms with Crippen molar-refractivity contribution in [3.8, 4) is 0 Å². The summed E-state index contributed by atoms with van der Waals surface area (Å²) in [5.74, 6) is 0. The van der Waals surface area contributed by atoms with Gasteiger partial charge in [0.15, 0.2) is 0 Å². The van der Waals surface area contributed by atoms with Crippen LogP contribution < -0.4 is 0 Å². The quantitative estimate of drug-likeness (QED) is 0.347. The SMILES string of the molecule is Cc1ccc(C2/C(=C\c3ccccc3)c3ccccc3CN2Cc2ccccc2)cc1. The van der Waals surface area contributed by atoms with Crippen LogP contribution in [0.5, 0.6) is 0 Å². The summed E-state index contributed by atoms with van der Waals surface area (Å²) in [6, 6.07) is 39.7. The van der Waals surface area contributed by atoms with Gasteiger partial charge in [0.2, 0.25) is 0 Å². The molecule has 0 saturated carbocycles. The molecule has 1 atom stereocenters. The number of aryl methyl sites for hydroxylation is 1. The minimum Gasteiger partial charge on any atom is -0.284 e. The van der Waals surface area contributed by atoms with Crippen molar-refractivity contribution in [2.24, 2.45) is 0 Å². The second kappa shape index (κ2) is 8.75. The predicted molar refractivity (Wildman–Crippen MR) is 130 cm³/mol. The lowest BCUT2D eigenvalue weighted by molar-refractivity contribution is 0.211. The van der Waals surface area contributed by atoms with Crippen molar-refractivity contribution in [2.45, 2.75) is 26.1 Å². The predicted octanol–water partition coefficient (Wildman–Crippen LogP) is 7.29. The van der Waals surface area contributed by atoms with Crippen molar-refractivity contribution in [3.05, 3.63) is 143 Å². The van der Waals surface area contributed by atoms with E-state index in [9.17, 15) is 0 Å². The van der Waals surface area contributed by atoms with E-state index in [2.05, 4.69) is 127 Å². The number of nitrogens with zero attached hydrogens (tertiary/aromatic N) is 1. The van der Waals surface area contributed by atoms with Crippen molar-refractivity contribution in [1.82, 2.24) is 4.90 Å². The van der Waals surface area contributed by atoms with Gasteiger partial charge in [0, 0.05) is 13.1 Å². The smallest absolute Gasteiger partial charge is 0.0614 e. The summed E-state index contributed by atoms with van der Waals surface area (Å²) in [4.78, 5) is 2.61. The maximum Gasteiger partial charge on any atom is 0.0614 e. The van der Waals surface area contributed by atoms with Crippen LogP contribution in [0.1, 0.15) is 39.4 Å². The van der Waals surface area contributed by atoms with Crippen LogP contribution in [-0.2, 0) is 13.1 Å². The molecule has 4 aromatic carbocycles. The highest BCUT2D eigenvalue weighted by Gasteiger charge is 2.31. The van der Waals surface area contributed by atoms with E-state index < -0.39 is 0 Å². The van der Waals surface area contributed by atoms with Gasteiger partial charge in [-0.15, -0.1) is 0 Å². The zero-order chi connectivity index (χ0) is 21.0. The Kier molecular flexibility index (Phi) is 5.52. The highest BCUT2D eigenvalue weighted by molar-refractivity contribution is 5.87. The van der Waals surface area contributed by atoms with Crippen LogP contribution in [0, 0.1) is 6.92 Å². The van der Waals surface area contributed by atoms with Gasteiger partial charge >= 0.3 is 0 Å². The first kappa shape index (κ1) is 19.5. The Hall–Kier alpha value is -3.42. The van der Waals surface area contributed by atoms with Crippen molar-refractivity contribution >= 4 is 11.6 Å². The number of benzene rings is 4. The molecule has 0 bridgehead atoms. The molecule has 1 aliphatic heterocycles. The molecular formula is C30H27N. The molecule has 0 aliphatic carbocycles. The van der Waals surface area contributed by atoms with Gasteiger partial charge < -0.3 is 0 Å². The van der Waals surface area contributed by atoms with Gasteiger partial charge in [-0.05, 0) is 46.4 Å². The van der Waals surface area contributed by atoms with Gasteiger partial charge in [-0.2, -0.15) is 0 Å². The van der Waals surface area contributed by atoms with Gasteiger partial charge in [-0.1, -0.05) is 115 Å². The molecule has 1 unspecified atom stereocenters. The molecule has 5 rings (SSSR count). The van der Waals surface area contributed by atoms with Crippen LogP contribution in [0.25, 0.3) is 11.6 Å². The fraction of sp³-hybridized carbons (Fsp3) is 0.133. The number of rotatable bonds is 4. The lowest BCUT2D eigenvalue weighted by Gasteiger charge is -2.39. The lowest BCUT2D eigenvalue weighted by atomic mass is 9.83. The van der Waals surface area contributed by atoms with Gasteiger partial charge in [-0.3, -0.25) is 4.90 Å². The Balaban J connectivity index is 1.67. The van der Waals surface area contributed by atoms with Crippen LogP contribution in [0.4, 0.5) is 0 Å². The Morgan fingerprint density at radius 2 is 1.39 bits per heavy atom. The zero-order valence-corrected chi connectivity index (χ0v) is 17.9. The van der Waals surface area contributed by atoms with E-state index in [1.165, 1.54) is 39.0 Å². The number of hydrogen-bond acceptors (Lipinski definition) is 1. The molecule has 1 aliphatic rings. The van der Waals surface area contributed by atoms with Crippen molar-refractivity contribution in [2.75, 3.05) is 0 Å². The molecule has 0 radical (unpaired) electrons. The Labute approximate surface area is 185 Å². The normalized spacial score (nSPS) is 17.5. The van der Waals surface area contributed by atoms with Crippen molar-refractivity contribution in [1.29, 1.82) is 0 Å². The molecule has 31 heavy (non-hydrogen) atoms. The van der Waals surface area contributed by atoms with E-state index in [0.29, 0.717) is 0 Å². The number of fused-ring (bicyclic) bond motifs is 1. The minimum absolute atomic E-state index is 0.205. The fourth-order valence-corrected chi connectivity index (χ4v) is 4.58. The van der Waals surface area contributed by atoms with Gasteiger partial charge in [0.1, 0.15) is 0 Å². The summed E-state index contributed by atoms with van der Waals surface area (Å²) in [5.41, 5.74) is 9.35. The third-order valence-corrected chi connectivity index (χ3v) is 6.10. The van der Waals surface area contributed by atoms with Gasteiger partial charge in [-0.25, -0.2) is 0 Å². The van der Waals surface area contributed by atoms with Crippen LogP contribution in [0.3, 0.4) is 0 Å². The molecule has 4 aromatic rings. The Morgan fingerprint density at radius 3 is 2.13 bits per heavy atom. The lowest BCUT2D eigenvalue weighted by Crippen LogP contribution is -2.33. The first-order chi connectivity index (χ1) is 15.3. The molecule has 0 fully saturated rings. The molecule has 0 aromatic heterocycles. The Bertz CT molecular complexity index is 1170. The molecule has 0 saturated heterocycles. The standard InChI is InChI=1S/C30H27N/c1-23-16-18-26(19-17-23)30-29(20-24-10-4-2-5-11-24)28-15-9-8-14-27(28)22-31(30)21-25-12-6-3-7-13-25/h2-20,30H,21-22H2,1H3/b29-20-. The zero-order valence-electron chi connectivity index (χ0n) is 17.9. The minimum atomic E-state index is 0.205. The third kappa shape index (κ3) is 4.23. The molecule has 0 spiro atoms. The largest absolute Gasteiger partial charge is 0.284 e. The fourth-order valence-electron chi connectivity index (χ4n) is 4.58. The van der Waals surface area contributed by atoms with Crippen LogP contribution in [0.2, 0.25) is 0 Å². The van der Waals surface area contributed by atoms with Crippen LogP contribution in [0.15, 0.2) is 109 Å². The van der Waals surface area contributed by atoms with E-state index in [1.807, 2.05) is 0 Å². The van der Waals surface area contributed by atoms with E-state index in [1.54, 1.807) is 0 Å². The molecule has 1 heterocycles. The summed E-state index contributed by atoms with van der Waals surface area (Å²) in [5, 5.41) is 0. The second-order valence-electron chi connectivity index (χ2n) is 8.37. The first-order valence-corrected chi connectivity index (χ1v) is 11.0. The van der Waals surface area contributed by atoms with E-state index in [-0.39, 0.29) is 6.04 Å². The highest BCUT2D eigenvalue weighted by atomic mass is 15.2. The summed E-state index contributed by atoms with van der Waals surface area (Å²) in [6.45, 7) is 4.01. The molecule has 0 N–H and O–H groups in total. The topological polar surface area (TPSA) is 3.24 Å². The van der Waals surface area contributed by atoms with Crippen molar-refractivity contribution < 1.29 is 0 Å². The van der Waals surface area contributed by atoms with E-state index >= 15 is 0 Å². The molecule has 1 heteroatoms. The van der Waals surface area contributed by atoms with Gasteiger partial charge in [0.25, 0.3) is 0 Å². The van der Waals surface area contributed by atoms with Crippen LogP contribution >= 0.6 is 0 Å². The molecule has 152 valence electrons. The maximum absolute atomic E-state index is 2.61. The number of hydrogen-bond donors (Lipinski definition) is 0. The summed E-state index contributed by atoms with van der Waals surface area (Å²) in [6.07, 6.45) is 2.38. The average Bonchev–Trinajstić information content (AvgIpc) is 2.81. The molecule has 1 nitrogen and oxygen atoms in total. The Morgan fingerprint density at radius 1 is 0.742 bits per heavy atom. The summed E-state index contributed by atoms with van der Waals surface area (Å²) in [7, 11) is 0. The molecule has 0 amide bonds. The monoisotopic (exact) mass is 401 g/mol. The van der Waals surface area contributed by atoms with Crippen LogP contribution in [-0.4, -0.2) is 4.90 Å². The van der Waals surface area contributed by atoms with Crippen molar-refractivity contribution in [3.63, 3.8) is 0 Å². The molecular weight excluding hydrogens is 374 g/mol. The van der Waals surface area contributed by atoms with Gasteiger partial charge in [0.05, 0.1) is 6.04 Å². The highest BCUT2D eigenvalue weighted by Crippen LogP contribution is 2.43.